The van der Waals surface area contributed by atoms with E-state index in [4.69, 9.17) is 9.84 Å². The van der Waals surface area contributed by atoms with E-state index in [0.717, 1.165) is 6.42 Å². The molecular formula is C13H15BrN2O4. The smallest absolute Gasteiger partial charge is 0.337 e. The number of ether oxygens (including phenoxy) is 1. The summed E-state index contributed by atoms with van der Waals surface area (Å²) in [6.07, 6.45) is 0.824. The van der Waals surface area contributed by atoms with Crippen LogP contribution in [0.15, 0.2) is 22.7 Å². The molecule has 1 atom stereocenters. The lowest BCUT2D eigenvalue weighted by atomic mass is 10.2. The van der Waals surface area contributed by atoms with Gasteiger partial charge in [-0.3, -0.25) is 0 Å². The number of benzene rings is 1. The minimum absolute atomic E-state index is 0.0407. The first-order valence-electron chi connectivity index (χ1n) is 6.13. The van der Waals surface area contributed by atoms with Crippen LogP contribution in [-0.4, -0.2) is 48.3 Å². The van der Waals surface area contributed by atoms with E-state index in [9.17, 15) is 9.59 Å². The first kappa shape index (κ1) is 14.8. The molecule has 1 aromatic carbocycles. The highest BCUT2D eigenvalue weighted by Crippen LogP contribution is 2.27. The van der Waals surface area contributed by atoms with Gasteiger partial charge in [0.05, 0.1) is 17.4 Å². The molecule has 1 saturated heterocycles. The summed E-state index contributed by atoms with van der Waals surface area (Å²) in [5.41, 5.74) is 0.320. The fraction of sp³-hybridized carbons (Fsp3) is 0.385. The fourth-order valence-corrected chi connectivity index (χ4v) is 2.59. The van der Waals surface area contributed by atoms with Crippen LogP contribution in [0.1, 0.15) is 16.8 Å². The SMILES string of the molecule is COC1CCN(C(=O)Nc2c(Br)cccc2C(=O)O)C1. The van der Waals surface area contributed by atoms with Crippen LogP contribution in [0.3, 0.4) is 0 Å². The summed E-state index contributed by atoms with van der Waals surface area (Å²) in [5.74, 6) is -1.09. The van der Waals surface area contributed by atoms with Crippen LogP contribution < -0.4 is 5.32 Å². The molecule has 6 nitrogen and oxygen atoms in total. The van der Waals surface area contributed by atoms with Gasteiger partial charge in [-0.1, -0.05) is 6.07 Å². The third kappa shape index (κ3) is 3.10. The van der Waals surface area contributed by atoms with Crippen molar-refractivity contribution in [3.63, 3.8) is 0 Å². The highest BCUT2D eigenvalue weighted by molar-refractivity contribution is 9.10. The Morgan fingerprint density at radius 3 is 2.85 bits per heavy atom. The van der Waals surface area contributed by atoms with Gasteiger partial charge in [-0.05, 0) is 34.5 Å². The maximum absolute atomic E-state index is 12.1. The van der Waals surface area contributed by atoms with Crippen LogP contribution >= 0.6 is 15.9 Å². The number of halogens is 1. The van der Waals surface area contributed by atoms with Gasteiger partial charge >= 0.3 is 12.0 Å². The van der Waals surface area contributed by atoms with E-state index in [1.165, 1.54) is 6.07 Å². The Morgan fingerprint density at radius 2 is 2.25 bits per heavy atom. The third-order valence-electron chi connectivity index (χ3n) is 3.24. The van der Waals surface area contributed by atoms with E-state index in [-0.39, 0.29) is 23.4 Å². The van der Waals surface area contributed by atoms with Gasteiger partial charge in [-0.2, -0.15) is 0 Å². The zero-order chi connectivity index (χ0) is 14.7. The van der Waals surface area contributed by atoms with Crippen molar-refractivity contribution < 1.29 is 19.4 Å². The number of nitrogens with one attached hydrogen (secondary N) is 1. The summed E-state index contributed by atoms with van der Waals surface area (Å²) < 4.78 is 5.74. The molecule has 1 aliphatic rings. The summed E-state index contributed by atoms with van der Waals surface area (Å²) in [6, 6.07) is 4.42. The highest BCUT2D eigenvalue weighted by Gasteiger charge is 2.27. The molecule has 2 amide bonds. The fourth-order valence-electron chi connectivity index (χ4n) is 2.12. The molecule has 20 heavy (non-hydrogen) atoms. The number of carbonyl (C=O) groups excluding carboxylic acids is 1. The van der Waals surface area contributed by atoms with Crippen molar-refractivity contribution >= 4 is 33.6 Å². The van der Waals surface area contributed by atoms with E-state index in [1.807, 2.05) is 0 Å². The molecule has 0 aromatic heterocycles. The lowest BCUT2D eigenvalue weighted by molar-refractivity contribution is 0.0698. The van der Waals surface area contributed by atoms with E-state index in [1.54, 1.807) is 24.1 Å². The predicted octanol–water partition coefficient (Wildman–Crippen LogP) is 2.40. The number of carboxylic acid groups (broad SMARTS) is 1. The number of carbonyl (C=O) groups is 2. The molecule has 1 unspecified atom stereocenters. The first-order valence-corrected chi connectivity index (χ1v) is 6.92. The van der Waals surface area contributed by atoms with E-state index < -0.39 is 5.97 Å². The second kappa shape index (κ2) is 6.23. The van der Waals surface area contributed by atoms with Crippen molar-refractivity contribution in [2.24, 2.45) is 0 Å². The van der Waals surface area contributed by atoms with Gasteiger partial charge in [0.1, 0.15) is 0 Å². The average molecular weight is 343 g/mol. The number of amides is 2. The lowest BCUT2D eigenvalue weighted by Crippen LogP contribution is -2.34. The van der Waals surface area contributed by atoms with Crippen LogP contribution in [0.5, 0.6) is 0 Å². The molecule has 7 heteroatoms. The summed E-state index contributed by atoms with van der Waals surface area (Å²) in [7, 11) is 1.61. The number of aromatic carboxylic acids is 1. The minimum atomic E-state index is -1.09. The molecule has 0 bridgehead atoms. The van der Waals surface area contributed by atoms with Gasteiger partial charge in [0.15, 0.2) is 0 Å². The van der Waals surface area contributed by atoms with Crippen molar-refractivity contribution in [2.75, 3.05) is 25.5 Å². The average Bonchev–Trinajstić information content (AvgIpc) is 2.89. The second-order valence-electron chi connectivity index (χ2n) is 4.49. The van der Waals surface area contributed by atoms with Crippen LogP contribution in [-0.2, 0) is 4.74 Å². The van der Waals surface area contributed by atoms with Gasteiger partial charge in [0.2, 0.25) is 0 Å². The summed E-state index contributed by atoms with van der Waals surface area (Å²) in [5, 5.41) is 11.8. The number of likely N-dealkylation sites (tertiary alicyclic amines) is 1. The quantitative estimate of drug-likeness (QED) is 0.883. The molecule has 2 rings (SSSR count). The van der Waals surface area contributed by atoms with Crippen molar-refractivity contribution in [2.45, 2.75) is 12.5 Å². The molecule has 1 fully saturated rings. The number of anilines is 1. The van der Waals surface area contributed by atoms with Gasteiger partial charge < -0.3 is 20.1 Å². The van der Waals surface area contributed by atoms with Crippen molar-refractivity contribution in [3.8, 4) is 0 Å². The number of hydrogen-bond acceptors (Lipinski definition) is 3. The minimum Gasteiger partial charge on any atom is -0.478 e. The van der Waals surface area contributed by atoms with Gasteiger partial charge in [0, 0.05) is 24.7 Å². The van der Waals surface area contributed by atoms with Crippen molar-refractivity contribution in [1.82, 2.24) is 4.90 Å². The molecule has 108 valence electrons. The zero-order valence-electron chi connectivity index (χ0n) is 10.9. The Morgan fingerprint density at radius 1 is 1.50 bits per heavy atom. The number of hydrogen-bond donors (Lipinski definition) is 2. The maximum Gasteiger partial charge on any atom is 0.337 e. The molecular weight excluding hydrogens is 328 g/mol. The zero-order valence-corrected chi connectivity index (χ0v) is 12.5. The van der Waals surface area contributed by atoms with Crippen LogP contribution in [0, 0.1) is 0 Å². The van der Waals surface area contributed by atoms with Crippen LogP contribution in [0.2, 0.25) is 0 Å². The van der Waals surface area contributed by atoms with Gasteiger partial charge in [0.25, 0.3) is 0 Å². The van der Waals surface area contributed by atoms with E-state index in [0.29, 0.717) is 17.6 Å². The number of nitrogens with zero attached hydrogens (tertiary/aromatic N) is 1. The molecule has 1 heterocycles. The molecule has 0 spiro atoms. The number of para-hydroxylation sites is 1. The Hall–Kier alpha value is -1.60. The standard InChI is InChI=1S/C13H15BrN2O4/c1-20-8-5-6-16(7-8)13(19)15-11-9(12(17)18)3-2-4-10(11)14/h2-4,8H,5-7H2,1H3,(H,15,19)(H,17,18). The summed E-state index contributed by atoms with van der Waals surface area (Å²) >= 11 is 3.26. The Labute approximate surface area is 124 Å². The molecule has 1 aliphatic heterocycles. The largest absolute Gasteiger partial charge is 0.478 e. The number of urea groups is 1. The van der Waals surface area contributed by atoms with Crippen LogP contribution in [0.4, 0.5) is 10.5 Å². The van der Waals surface area contributed by atoms with Crippen molar-refractivity contribution in [1.29, 1.82) is 0 Å². The van der Waals surface area contributed by atoms with E-state index in [2.05, 4.69) is 21.2 Å². The summed E-state index contributed by atoms with van der Waals surface area (Å²) in [6.45, 7) is 1.10. The lowest BCUT2D eigenvalue weighted by Gasteiger charge is -2.18. The molecule has 0 radical (unpaired) electrons. The number of methoxy groups -OCH3 is 1. The first-order chi connectivity index (χ1) is 9.52. The number of rotatable bonds is 3. The number of carboxylic acids is 1. The third-order valence-corrected chi connectivity index (χ3v) is 3.90. The molecule has 1 aromatic rings. The van der Waals surface area contributed by atoms with Crippen molar-refractivity contribution in [3.05, 3.63) is 28.2 Å². The molecule has 0 saturated carbocycles. The monoisotopic (exact) mass is 342 g/mol. The van der Waals surface area contributed by atoms with Crippen LogP contribution in [0.25, 0.3) is 0 Å². The summed E-state index contributed by atoms with van der Waals surface area (Å²) in [4.78, 5) is 24.9. The second-order valence-corrected chi connectivity index (χ2v) is 5.34. The van der Waals surface area contributed by atoms with Gasteiger partial charge in [-0.15, -0.1) is 0 Å². The maximum atomic E-state index is 12.1. The Kier molecular flexibility index (Phi) is 4.61. The highest BCUT2D eigenvalue weighted by atomic mass is 79.9. The Bertz CT molecular complexity index is 535. The predicted molar refractivity (Wildman–Crippen MR) is 77.1 cm³/mol. The molecule has 2 N–H and O–H groups in total. The Balaban J connectivity index is 2.14. The van der Waals surface area contributed by atoms with Gasteiger partial charge in [-0.25, -0.2) is 9.59 Å². The topological polar surface area (TPSA) is 78.9 Å². The normalized spacial score (nSPS) is 18.1. The molecule has 0 aliphatic carbocycles. The van der Waals surface area contributed by atoms with E-state index >= 15 is 0 Å².